The first-order valence-corrected chi connectivity index (χ1v) is 10.1. The quantitative estimate of drug-likeness (QED) is 0.388. The molecule has 3 aromatic rings. The van der Waals surface area contributed by atoms with Crippen LogP contribution in [0.3, 0.4) is 0 Å². The van der Waals surface area contributed by atoms with Gasteiger partial charge < -0.3 is 19.9 Å². The van der Waals surface area contributed by atoms with Crippen LogP contribution in [0.1, 0.15) is 39.9 Å². The van der Waals surface area contributed by atoms with Crippen LogP contribution in [0.5, 0.6) is 11.5 Å². The number of carbonyl (C=O) groups is 1. The summed E-state index contributed by atoms with van der Waals surface area (Å²) in [4.78, 5) is 24.8. The van der Waals surface area contributed by atoms with E-state index in [4.69, 9.17) is 21.4 Å². The number of H-pyrrole nitrogens is 1. The molecule has 0 radical (unpaired) electrons. The first-order valence-electron chi connectivity index (χ1n) is 9.74. The maximum absolute atomic E-state index is 14.2. The third-order valence-corrected chi connectivity index (χ3v) is 5.77. The van der Waals surface area contributed by atoms with Crippen LogP contribution in [0.25, 0.3) is 0 Å². The number of carboxylic acids is 1. The Morgan fingerprint density at radius 3 is 2.29 bits per heavy atom. The van der Waals surface area contributed by atoms with Crippen LogP contribution in [0.15, 0.2) is 53.5 Å². The monoisotopic (exact) mass is 499 g/mol. The molecular formula is C23H18ClF4NO5. The molecule has 0 saturated carbocycles. The summed E-state index contributed by atoms with van der Waals surface area (Å²) in [5, 5.41) is 19.7. The number of rotatable bonds is 6. The summed E-state index contributed by atoms with van der Waals surface area (Å²) < 4.78 is 62.0. The number of pyridine rings is 1. The first kappa shape index (κ1) is 25.3. The van der Waals surface area contributed by atoms with E-state index in [0.717, 1.165) is 37.4 Å². The fourth-order valence-corrected chi connectivity index (χ4v) is 3.77. The van der Waals surface area contributed by atoms with Gasteiger partial charge in [0.05, 0.1) is 5.56 Å². The van der Waals surface area contributed by atoms with Crippen molar-refractivity contribution in [3.63, 3.8) is 0 Å². The van der Waals surface area contributed by atoms with Crippen molar-refractivity contribution >= 4 is 17.6 Å². The fourth-order valence-electron chi connectivity index (χ4n) is 3.49. The first-order chi connectivity index (χ1) is 15.8. The third kappa shape index (κ3) is 4.64. The number of aromatic carboxylic acids is 1. The zero-order valence-electron chi connectivity index (χ0n) is 17.7. The number of nitrogens with one attached hydrogen (secondary N) is 1. The van der Waals surface area contributed by atoms with E-state index < -0.39 is 46.2 Å². The SMILES string of the molecule is Cc1cc(C(O)(C(C)c2cc(Oc3ccc(C(=O)O)c(F)c3)ccc2Cl)C(F)(F)F)c[nH]c1=O. The van der Waals surface area contributed by atoms with E-state index in [2.05, 4.69) is 4.98 Å². The number of aryl methyl sites for hydroxylation is 1. The van der Waals surface area contributed by atoms with Gasteiger partial charge in [0, 0.05) is 34.3 Å². The lowest BCUT2D eigenvalue weighted by Gasteiger charge is -2.37. The Labute approximate surface area is 195 Å². The fraction of sp³-hybridized carbons (Fsp3) is 0.217. The Morgan fingerprint density at radius 1 is 1.12 bits per heavy atom. The summed E-state index contributed by atoms with van der Waals surface area (Å²) in [6.07, 6.45) is -4.37. The van der Waals surface area contributed by atoms with Crippen molar-refractivity contribution in [2.24, 2.45) is 0 Å². The number of hydrogen-bond donors (Lipinski definition) is 3. The number of carboxylic acid groups (broad SMARTS) is 1. The van der Waals surface area contributed by atoms with Gasteiger partial charge in [-0.25, -0.2) is 9.18 Å². The Morgan fingerprint density at radius 2 is 1.74 bits per heavy atom. The van der Waals surface area contributed by atoms with Crippen molar-refractivity contribution in [2.45, 2.75) is 31.5 Å². The maximum Gasteiger partial charge on any atom is 0.422 e. The van der Waals surface area contributed by atoms with E-state index in [1.165, 1.54) is 25.1 Å². The van der Waals surface area contributed by atoms with Crippen molar-refractivity contribution < 1.29 is 37.3 Å². The van der Waals surface area contributed by atoms with Gasteiger partial charge in [-0.3, -0.25) is 4.79 Å². The summed E-state index contributed by atoms with van der Waals surface area (Å²) in [5.41, 5.74) is -5.36. The summed E-state index contributed by atoms with van der Waals surface area (Å²) >= 11 is 6.16. The second kappa shape index (κ2) is 9.11. The molecule has 3 rings (SSSR count). The third-order valence-electron chi connectivity index (χ3n) is 5.43. The van der Waals surface area contributed by atoms with Gasteiger partial charge in [-0.05, 0) is 48.9 Å². The lowest BCUT2D eigenvalue weighted by Crippen LogP contribution is -2.47. The molecule has 0 aliphatic heterocycles. The molecule has 34 heavy (non-hydrogen) atoms. The molecule has 2 atom stereocenters. The van der Waals surface area contributed by atoms with Crippen molar-refractivity contribution in [2.75, 3.05) is 0 Å². The van der Waals surface area contributed by atoms with Gasteiger partial charge >= 0.3 is 12.1 Å². The molecule has 2 unspecified atom stereocenters. The average molecular weight is 500 g/mol. The van der Waals surface area contributed by atoms with Crippen LogP contribution in [-0.4, -0.2) is 27.3 Å². The predicted octanol–water partition coefficient (Wildman–Crippen LogP) is 5.52. The standard InChI is InChI=1S/C23H18ClF4NO5/c1-11-7-13(10-29-20(11)30)22(33,23(26,27)28)12(2)17-8-14(4-6-18(17)24)34-15-3-5-16(21(31)32)19(25)9-15/h3-10,12,33H,1-2H3,(H,29,30)(H,31,32). The van der Waals surface area contributed by atoms with Crippen molar-refractivity contribution in [1.29, 1.82) is 0 Å². The number of aromatic nitrogens is 1. The van der Waals surface area contributed by atoms with E-state index in [9.17, 15) is 32.3 Å². The molecule has 0 bridgehead atoms. The van der Waals surface area contributed by atoms with Crippen LogP contribution in [0.2, 0.25) is 5.02 Å². The second-order valence-electron chi connectivity index (χ2n) is 7.62. The van der Waals surface area contributed by atoms with Crippen molar-refractivity contribution in [3.8, 4) is 11.5 Å². The highest BCUT2D eigenvalue weighted by Gasteiger charge is 2.59. The van der Waals surface area contributed by atoms with E-state index in [1.54, 1.807) is 0 Å². The van der Waals surface area contributed by atoms with Crippen LogP contribution >= 0.6 is 11.6 Å². The molecule has 1 heterocycles. The summed E-state index contributed by atoms with van der Waals surface area (Å²) in [5.74, 6) is -4.34. The van der Waals surface area contributed by atoms with E-state index in [0.29, 0.717) is 0 Å². The molecule has 180 valence electrons. The molecule has 0 fully saturated rings. The number of hydrogen-bond acceptors (Lipinski definition) is 4. The molecule has 6 nitrogen and oxygen atoms in total. The Balaban J connectivity index is 2.05. The molecule has 1 aromatic heterocycles. The van der Waals surface area contributed by atoms with Gasteiger partial charge in [0.1, 0.15) is 17.3 Å². The Kier molecular flexibility index (Phi) is 6.77. The largest absolute Gasteiger partial charge is 0.478 e. The minimum absolute atomic E-state index is 0.0256. The van der Waals surface area contributed by atoms with E-state index >= 15 is 0 Å². The predicted molar refractivity (Wildman–Crippen MR) is 115 cm³/mol. The molecular weight excluding hydrogens is 482 g/mol. The Hall–Kier alpha value is -3.37. The number of benzene rings is 2. The van der Waals surface area contributed by atoms with Gasteiger partial charge in [0.2, 0.25) is 0 Å². The average Bonchev–Trinajstić information content (AvgIpc) is 2.75. The molecule has 2 aromatic carbocycles. The zero-order valence-corrected chi connectivity index (χ0v) is 18.5. The van der Waals surface area contributed by atoms with E-state index in [-0.39, 0.29) is 27.6 Å². The van der Waals surface area contributed by atoms with Crippen LogP contribution in [-0.2, 0) is 5.60 Å². The van der Waals surface area contributed by atoms with Crippen LogP contribution in [0.4, 0.5) is 17.6 Å². The van der Waals surface area contributed by atoms with Gasteiger partial charge in [-0.1, -0.05) is 18.5 Å². The number of aliphatic hydroxyl groups is 1. The number of alkyl halides is 3. The second-order valence-corrected chi connectivity index (χ2v) is 8.03. The number of aromatic amines is 1. The summed E-state index contributed by atoms with van der Waals surface area (Å²) in [7, 11) is 0. The minimum Gasteiger partial charge on any atom is -0.478 e. The highest BCUT2D eigenvalue weighted by Crippen LogP contribution is 2.50. The minimum atomic E-state index is -5.16. The maximum atomic E-state index is 14.2. The number of halogens is 5. The molecule has 3 N–H and O–H groups in total. The van der Waals surface area contributed by atoms with Gasteiger partial charge in [0.15, 0.2) is 5.60 Å². The number of ether oxygens (including phenoxy) is 1. The van der Waals surface area contributed by atoms with Crippen LogP contribution < -0.4 is 10.3 Å². The lowest BCUT2D eigenvalue weighted by molar-refractivity contribution is -0.274. The molecule has 0 spiro atoms. The molecule has 0 aliphatic carbocycles. The Bertz CT molecular complexity index is 1310. The highest BCUT2D eigenvalue weighted by atomic mass is 35.5. The summed E-state index contributed by atoms with van der Waals surface area (Å²) in [6.45, 7) is 2.42. The molecule has 0 aliphatic rings. The van der Waals surface area contributed by atoms with Crippen LogP contribution in [0, 0.1) is 12.7 Å². The smallest absolute Gasteiger partial charge is 0.422 e. The highest BCUT2D eigenvalue weighted by molar-refractivity contribution is 6.31. The zero-order chi connectivity index (χ0) is 25.4. The molecule has 11 heteroatoms. The van der Waals surface area contributed by atoms with Gasteiger partial charge in [-0.2, -0.15) is 13.2 Å². The topological polar surface area (TPSA) is 99.6 Å². The van der Waals surface area contributed by atoms with Crippen molar-refractivity contribution in [1.82, 2.24) is 4.98 Å². The summed E-state index contributed by atoms with van der Waals surface area (Å²) in [6, 6.07) is 7.65. The van der Waals surface area contributed by atoms with Crippen molar-refractivity contribution in [3.05, 3.63) is 92.1 Å². The molecule has 0 amide bonds. The van der Waals surface area contributed by atoms with Gasteiger partial charge in [-0.15, -0.1) is 0 Å². The lowest BCUT2D eigenvalue weighted by atomic mass is 9.78. The van der Waals surface area contributed by atoms with Gasteiger partial charge in [0.25, 0.3) is 5.56 Å². The van der Waals surface area contributed by atoms with E-state index in [1.807, 2.05) is 0 Å². The molecule has 0 saturated heterocycles. The normalized spacial score (nSPS) is 14.4.